The molecule has 8 heteroatoms. The van der Waals surface area contributed by atoms with E-state index in [4.69, 9.17) is 0 Å². The van der Waals surface area contributed by atoms with Gasteiger partial charge in [-0.3, -0.25) is 4.79 Å². The van der Waals surface area contributed by atoms with E-state index >= 15 is 0 Å². The number of nitrogens with one attached hydrogen (secondary N) is 1. The van der Waals surface area contributed by atoms with E-state index in [0.29, 0.717) is 18.9 Å². The molecule has 1 N–H and O–H groups in total. The zero-order valence-corrected chi connectivity index (χ0v) is 14.6. The second kappa shape index (κ2) is 7.25. The molecule has 1 aromatic rings. The summed E-state index contributed by atoms with van der Waals surface area (Å²) in [6.07, 6.45) is 3.14. The van der Waals surface area contributed by atoms with Crippen LogP contribution in [-0.4, -0.2) is 59.1 Å². The Kier molecular flexibility index (Phi) is 5.56. The van der Waals surface area contributed by atoms with Crippen LogP contribution in [0.5, 0.6) is 0 Å². The lowest BCUT2D eigenvalue weighted by Gasteiger charge is -2.34. The normalized spacial score (nSPS) is 18.0. The van der Waals surface area contributed by atoms with E-state index in [2.05, 4.69) is 15.5 Å². The molecule has 23 heavy (non-hydrogen) atoms. The summed E-state index contributed by atoms with van der Waals surface area (Å²) >= 11 is 0. The van der Waals surface area contributed by atoms with Crippen LogP contribution in [0, 0.1) is 0 Å². The quantitative estimate of drug-likeness (QED) is 0.862. The predicted molar refractivity (Wildman–Crippen MR) is 88.8 cm³/mol. The van der Waals surface area contributed by atoms with Gasteiger partial charge >= 0.3 is 0 Å². The summed E-state index contributed by atoms with van der Waals surface area (Å²) in [5.41, 5.74) is 0. The highest BCUT2D eigenvalue weighted by Crippen LogP contribution is 2.18. The number of anilines is 1. The smallest absolute Gasteiger partial charge is 0.240 e. The van der Waals surface area contributed by atoms with Crippen molar-refractivity contribution in [1.82, 2.24) is 15.1 Å². The zero-order valence-electron chi connectivity index (χ0n) is 13.8. The van der Waals surface area contributed by atoms with Crippen molar-refractivity contribution in [3.8, 4) is 0 Å². The van der Waals surface area contributed by atoms with Crippen LogP contribution in [-0.2, 0) is 14.6 Å². The van der Waals surface area contributed by atoms with Crippen molar-refractivity contribution in [2.45, 2.75) is 50.2 Å². The number of aromatic nitrogens is 2. The van der Waals surface area contributed by atoms with Gasteiger partial charge in [-0.1, -0.05) is 0 Å². The monoisotopic (exact) mass is 340 g/mol. The van der Waals surface area contributed by atoms with Crippen LogP contribution in [0.4, 0.5) is 5.82 Å². The van der Waals surface area contributed by atoms with Crippen LogP contribution in [0.2, 0.25) is 0 Å². The molecule has 1 amide bonds. The van der Waals surface area contributed by atoms with E-state index < -0.39 is 20.3 Å². The Morgan fingerprint density at radius 1 is 1.30 bits per heavy atom. The zero-order chi connectivity index (χ0) is 17.0. The molecular formula is C15H24N4O3S. The van der Waals surface area contributed by atoms with Gasteiger partial charge in [0, 0.05) is 25.3 Å². The van der Waals surface area contributed by atoms with E-state index in [-0.39, 0.29) is 11.9 Å². The van der Waals surface area contributed by atoms with Crippen molar-refractivity contribution in [3.05, 3.63) is 18.3 Å². The van der Waals surface area contributed by atoms with Gasteiger partial charge in [-0.15, -0.1) is 5.10 Å². The van der Waals surface area contributed by atoms with Gasteiger partial charge in [0.1, 0.15) is 11.1 Å². The molecule has 1 aromatic heterocycles. The summed E-state index contributed by atoms with van der Waals surface area (Å²) < 4.78 is 24.3. The molecule has 1 aliphatic rings. The fraction of sp³-hybridized carbons (Fsp3) is 0.667. The minimum atomic E-state index is -3.41. The van der Waals surface area contributed by atoms with Gasteiger partial charge in [0.2, 0.25) is 5.91 Å². The number of rotatable bonds is 5. The third-order valence-electron chi connectivity index (χ3n) is 4.23. The number of sulfone groups is 1. The molecule has 0 radical (unpaired) electrons. The maximum atomic E-state index is 12.4. The van der Waals surface area contributed by atoms with Crippen LogP contribution in [0.25, 0.3) is 0 Å². The van der Waals surface area contributed by atoms with Crippen molar-refractivity contribution in [2.75, 3.05) is 18.4 Å². The highest BCUT2D eigenvalue weighted by molar-refractivity contribution is 7.93. The van der Waals surface area contributed by atoms with Gasteiger partial charge in [0.15, 0.2) is 9.84 Å². The van der Waals surface area contributed by atoms with Gasteiger partial charge in [-0.05, 0) is 45.7 Å². The lowest BCUT2D eigenvalue weighted by atomic mass is 10.0. The molecule has 0 aromatic carbocycles. The Labute approximate surface area is 137 Å². The molecule has 2 rings (SSSR count). The minimum absolute atomic E-state index is 0.216. The molecule has 0 spiro atoms. The molecule has 1 saturated heterocycles. The predicted octanol–water partition coefficient (Wildman–Crippen LogP) is 1.09. The molecule has 1 atom stereocenters. The number of carbonyl (C=O) groups is 1. The number of nitrogens with zero attached hydrogens (tertiary/aromatic N) is 3. The molecule has 128 valence electrons. The molecule has 7 nitrogen and oxygen atoms in total. The molecule has 1 fully saturated rings. The number of hydrogen-bond acceptors (Lipinski definition) is 6. The first-order chi connectivity index (χ1) is 10.8. The summed E-state index contributed by atoms with van der Waals surface area (Å²) in [5, 5.41) is 9.57. The maximum absolute atomic E-state index is 12.4. The number of carbonyl (C=O) groups excluding carboxylic acids is 1. The van der Waals surface area contributed by atoms with E-state index in [1.807, 2.05) is 12.1 Å². The molecule has 0 bridgehead atoms. The SMILES string of the molecule is CC(C)S(=O)(=O)C(C)C(=O)N1CCC(Nc2cccnn2)CC1. The summed E-state index contributed by atoms with van der Waals surface area (Å²) in [6, 6.07) is 3.88. The average Bonchev–Trinajstić information content (AvgIpc) is 2.55. The van der Waals surface area contributed by atoms with Gasteiger partial charge in [-0.2, -0.15) is 5.10 Å². The topological polar surface area (TPSA) is 92.3 Å². The van der Waals surface area contributed by atoms with Gasteiger partial charge < -0.3 is 10.2 Å². The van der Waals surface area contributed by atoms with Crippen molar-refractivity contribution >= 4 is 21.6 Å². The minimum Gasteiger partial charge on any atom is -0.366 e. The molecular weight excluding hydrogens is 316 g/mol. The van der Waals surface area contributed by atoms with Crippen molar-refractivity contribution in [3.63, 3.8) is 0 Å². The largest absolute Gasteiger partial charge is 0.366 e. The third-order valence-corrected chi connectivity index (χ3v) is 6.73. The summed E-state index contributed by atoms with van der Waals surface area (Å²) in [6.45, 7) is 5.80. The van der Waals surface area contributed by atoms with Crippen molar-refractivity contribution < 1.29 is 13.2 Å². The van der Waals surface area contributed by atoms with Crippen molar-refractivity contribution in [1.29, 1.82) is 0 Å². The molecule has 2 heterocycles. The maximum Gasteiger partial charge on any atom is 0.240 e. The highest BCUT2D eigenvalue weighted by Gasteiger charge is 2.35. The summed E-state index contributed by atoms with van der Waals surface area (Å²) in [5.74, 6) is 0.421. The van der Waals surface area contributed by atoms with Crippen LogP contribution >= 0.6 is 0 Å². The van der Waals surface area contributed by atoms with Crippen LogP contribution in [0.1, 0.15) is 33.6 Å². The Bertz CT molecular complexity index is 625. The lowest BCUT2D eigenvalue weighted by molar-refractivity contribution is -0.131. The van der Waals surface area contributed by atoms with E-state index in [1.165, 1.54) is 6.92 Å². The highest BCUT2D eigenvalue weighted by atomic mass is 32.2. The Balaban J connectivity index is 1.90. The van der Waals surface area contributed by atoms with E-state index in [1.54, 1.807) is 24.9 Å². The van der Waals surface area contributed by atoms with Gasteiger partial charge in [0.25, 0.3) is 0 Å². The Morgan fingerprint density at radius 2 is 1.96 bits per heavy atom. The Hall–Kier alpha value is -1.70. The lowest BCUT2D eigenvalue weighted by Crippen LogP contribution is -2.48. The fourth-order valence-electron chi connectivity index (χ4n) is 2.64. The Morgan fingerprint density at radius 3 is 2.48 bits per heavy atom. The van der Waals surface area contributed by atoms with Gasteiger partial charge in [-0.25, -0.2) is 8.42 Å². The molecule has 0 saturated carbocycles. The van der Waals surface area contributed by atoms with Crippen molar-refractivity contribution in [2.24, 2.45) is 0 Å². The van der Waals surface area contributed by atoms with Gasteiger partial charge in [0.05, 0.1) is 5.25 Å². The second-order valence-electron chi connectivity index (χ2n) is 6.13. The van der Waals surface area contributed by atoms with Crippen LogP contribution in [0.3, 0.4) is 0 Å². The molecule has 1 unspecified atom stereocenters. The van der Waals surface area contributed by atoms with Crippen LogP contribution < -0.4 is 5.32 Å². The first-order valence-electron chi connectivity index (χ1n) is 7.88. The number of piperidine rings is 1. The standard InChI is InChI=1S/C15H24N4O3S/c1-11(2)23(21,22)12(3)15(20)19-9-6-13(7-10-19)17-14-5-4-8-16-18-14/h4-5,8,11-13H,6-7,9-10H2,1-3H3,(H,17,18). The molecule has 0 aliphatic carbocycles. The van der Waals surface area contributed by atoms with E-state index in [0.717, 1.165) is 12.8 Å². The first kappa shape index (κ1) is 17.7. The average molecular weight is 340 g/mol. The second-order valence-corrected chi connectivity index (χ2v) is 8.96. The van der Waals surface area contributed by atoms with E-state index in [9.17, 15) is 13.2 Å². The number of amides is 1. The number of hydrogen-bond donors (Lipinski definition) is 1. The molecule has 1 aliphatic heterocycles. The third kappa shape index (κ3) is 4.19. The van der Waals surface area contributed by atoms with Crippen LogP contribution in [0.15, 0.2) is 18.3 Å². The summed E-state index contributed by atoms with van der Waals surface area (Å²) in [7, 11) is -3.41. The first-order valence-corrected chi connectivity index (χ1v) is 9.49. The number of likely N-dealkylation sites (tertiary alicyclic amines) is 1. The fourth-order valence-corrected chi connectivity index (χ4v) is 3.88. The summed E-state index contributed by atoms with van der Waals surface area (Å²) in [4.78, 5) is 14.1.